The predicted molar refractivity (Wildman–Crippen MR) is 54.6 cm³/mol. The van der Waals surface area contributed by atoms with Gasteiger partial charge in [-0.3, -0.25) is 5.10 Å². The van der Waals surface area contributed by atoms with Crippen LogP contribution in [0.25, 0.3) is 10.9 Å². The quantitative estimate of drug-likeness (QED) is 0.798. The van der Waals surface area contributed by atoms with Gasteiger partial charge in [0.05, 0.1) is 17.5 Å². The van der Waals surface area contributed by atoms with Crippen molar-refractivity contribution in [2.75, 3.05) is 0 Å². The second-order valence-electron chi connectivity index (χ2n) is 2.97. The van der Waals surface area contributed by atoms with Gasteiger partial charge in [-0.2, -0.15) is 5.10 Å². The molecule has 0 unspecified atom stereocenters. The van der Waals surface area contributed by atoms with Gasteiger partial charge in [-0.1, -0.05) is 12.1 Å². The monoisotopic (exact) mass is 230 g/mol. The minimum atomic E-state index is -3.49. The van der Waals surface area contributed by atoms with Crippen molar-refractivity contribution in [1.82, 2.24) is 10.2 Å². The lowest BCUT2D eigenvalue weighted by molar-refractivity contribution is 0.609. The molecule has 6 heteroatoms. The lowest BCUT2D eigenvalue weighted by Gasteiger charge is -1.97. The fraction of sp³-hybridized carbons (Fsp3) is 0.125. The largest absolute Gasteiger partial charge is 0.278 e. The highest BCUT2D eigenvalue weighted by atomic mass is 35.7. The summed E-state index contributed by atoms with van der Waals surface area (Å²) in [6.07, 6.45) is 1.67. The maximum atomic E-state index is 10.8. The van der Waals surface area contributed by atoms with Crippen molar-refractivity contribution in [2.24, 2.45) is 0 Å². The van der Waals surface area contributed by atoms with Crippen LogP contribution in [-0.4, -0.2) is 18.6 Å². The maximum Gasteiger partial charge on any atom is 0.236 e. The fourth-order valence-electron chi connectivity index (χ4n) is 1.27. The summed E-state index contributed by atoms with van der Waals surface area (Å²) in [5.41, 5.74) is 1.46. The molecule has 0 bridgehead atoms. The van der Waals surface area contributed by atoms with Crippen LogP contribution < -0.4 is 0 Å². The molecule has 2 rings (SSSR count). The second-order valence-corrected chi connectivity index (χ2v) is 5.75. The number of nitrogens with one attached hydrogen (secondary N) is 1. The molecule has 0 saturated heterocycles. The van der Waals surface area contributed by atoms with Crippen molar-refractivity contribution in [3.63, 3.8) is 0 Å². The van der Waals surface area contributed by atoms with E-state index in [4.69, 9.17) is 10.7 Å². The Balaban J connectivity index is 2.44. The molecule has 1 aromatic carbocycles. The number of benzene rings is 1. The van der Waals surface area contributed by atoms with Crippen molar-refractivity contribution < 1.29 is 8.42 Å². The molecule has 4 nitrogen and oxygen atoms in total. The molecule has 14 heavy (non-hydrogen) atoms. The number of H-pyrrole nitrogens is 1. The van der Waals surface area contributed by atoms with Crippen LogP contribution in [0.2, 0.25) is 0 Å². The van der Waals surface area contributed by atoms with Crippen LogP contribution in [0.3, 0.4) is 0 Å². The van der Waals surface area contributed by atoms with Crippen LogP contribution >= 0.6 is 10.7 Å². The molecule has 0 spiro atoms. The lowest BCUT2D eigenvalue weighted by Crippen LogP contribution is -1.94. The third-order valence-electron chi connectivity index (χ3n) is 1.85. The second kappa shape index (κ2) is 3.25. The first-order chi connectivity index (χ1) is 6.54. The number of rotatable bonds is 2. The van der Waals surface area contributed by atoms with Crippen LogP contribution in [0.5, 0.6) is 0 Å². The van der Waals surface area contributed by atoms with Crippen molar-refractivity contribution in [3.05, 3.63) is 30.0 Å². The van der Waals surface area contributed by atoms with E-state index in [1.54, 1.807) is 24.4 Å². The van der Waals surface area contributed by atoms with E-state index in [1.807, 2.05) is 0 Å². The van der Waals surface area contributed by atoms with E-state index in [-0.39, 0.29) is 5.75 Å². The zero-order chi connectivity index (χ0) is 10.2. The van der Waals surface area contributed by atoms with Gasteiger partial charge in [-0.05, 0) is 11.6 Å². The third kappa shape index (κ3) is 2.05. The van der Waals surface area contributed by atoms with Gasteiger partial charge >= 0.3 is 0 Å². The van der Waals surface area contributed by atoms with Crippen LogP contribution in [0.4, 0.5) is 0 Å². The fourth-order valence-corrected chi connectivity index (χ4v) is 2.23. The highest BCUT2D eigenvalue weighted by molar-refractivity contribution is 8.13. The summed E-state index contributed by atoms with van der Waals surface area (Å²) < 4.78 is 21.6. The number of halogens is 1. The van der Waals surface area contributed by atoms with E-state index in [0.29, 0.717) is 5.56 Å². The van der Waals surface area contributed by atoms with E-state index in [9.17, 15) is 8.42 Å². The van der Waals surface area contributed by atoms with Gasteiger partial charge in [0.25, 0.3) is 0 Å². The molecule has 2 aromatic rings. The zero-order valence-corrected chi connectivity index (χ0v) is 8.64. The summed E-state index contributed by atoms with van der Waals surface area (Å²) >= 11 is 0. The molecule has 0 fully saturated rings. The summed E-state index contributed by atoms with van der Waals surface area (Å²) in [6, 6.07) is 5.25. The average Bonchev–Trinajstić information content (AvgIpc) is 2.47. The Kier molecular flexibility index (Phi) is 2.20. The molecular weight excluding hydrogens is 224 g/mol. The number of fused-ring (bicyclic) bond motifs is 1. The molecule has 0 radical (unpaired) electrons. The summed E-state index contributed by atoms with van der Waals surface area (Å²) in [5, 5.41) is 7.53. The molecule has 1 heterocycles. The summed E-state index contributed by atoms with van der Waals surface area (Å²) in [4.78, 5) is 0. The molecule has 0 aliphatic heterocycles. The molecule has 1 N–H and O–H groups in total. The van der Waals surface area contributed by atoms with Gasteiger partial charge in [0.1, 0.15) is 0 Å². The Morgan fingerprint density at radius 1 is 1.43 bits per heavy atom. The van der Waals surface area contributed by atoms with Crippen molar-refractivity contribution >= 4 is 30.6 Å². The maximum absolute atomic E-state index is 10.8. The van der Waals surface area contributed by atoms with Crippen LogP contribution in [0, 0.1) is 0 Å². The normalized spacial score (nSPS) is 12.1. The van der Waals surface area contributed by atoms with E-state index in [0.717, 1.165) is 10.9 Å². The standard InChI is InChI=1S/C8H7ClN2O2S/c9-14(12,13)5-6-1-2-7-4-10-11-8(7)3-6/h1-4H,5H2,(H,10,11). The number of aromatic nitrogens is 2. The van der Waals surface area contributed by atoms with Crippen LogP contribution in [0.1, 0.15) is 5.56 Å². The number of aromatic amines is 1. The predicted octanol–water partition coefficient (Wildman–Crippen LogP) is 1.63. The molecule has 0 saturated carbocycles. The van der Waals surface area contributed by atoms with E-state index in [2.05, 4.69) is 10.2 Å². The molecule has 0 aliphatic carbocycles. The van der Waals surface area contributed by atoms with Crippen LogP contribution in [-0.2, 0) is 14.8 Å². The molecule has 1 aromatic heterocycles. The molecule has 0 amide bonds. The Morgan fingerprint density at radius 3 is 2.93 bits per heavy atom. The molecular formula is C8H7ClN2O2S. The summed E-state index contributed by atoms with van der Waals surface area (Å²) in [5.74, 6) is -0.163. The van der Waals surface area contributed by atoms with Gasteiger partial charge < -0.3 is 0 Å². The summed E-state index contributed by atoms with van der Waals surface area (Å²) in [7, 11) is 1.65. The Labute approximate surface area is 85.3 Å². The number of hydrogen-bond acceptors (Lipinski definition) is 3. The third-order valence-corrected chi connectivity index (χ3v) is 2.85. The van der Waals surface area contributed by atoms with Crippen molar-refractivity contribution in [2.45, 2.75) is 5.75 Å². The minimum absolute atomic E-state index is 0.163. The smallest absolute Gasteiger partial charge is 0.236 e. The van der Waals surface area contributed by atoms with Gasteiger partial charge in [-0.15, -0.1) is 0 Å². The summed E-state index contributed by atoms with van der Waals surface area (Å²) in [6.45, 7) is 0. The molecule has 0 atom stereocenters. The van der Waals surface area contributed by atoms with Crippen molar-refractivity contribution in [1.29, 1.82) is 0 Å². The molecule has 0 aliphatic rings. The minimum Gasteiger partial charge on any atom is -0.278 e. The first-order valence-electron chi connectivity index (χ1n) is 3.89. The zero-order valence-electron chi connectivity index (χ0n) is 7.07. The Hall–Kier alpha value is -1.07. The Morgan fingerprint density at radius 2 is 2.21 bits per heavy atom. The van der Waals surface area contributed by atoms with E-state index < -0.39 is 9.05 Å². The average molecular weight is 231 g/mol. The Bertz CT molecular complexity index is 561. The van der Waals surface area contributed by atoms with Crippen molar-refractivity contribution in [3.8, 4) is 0 Å². The van der Waals surface area contributed by atoms with E-state index in [1.165, 1.54) is 0 Å². The van der Waals surface area contributed by atoms with Crippen LogP contribution in [0.15, 0.2) is 24.4 Å². The SMILES string of the molecule is O=S(=O)(Cl)Cc1ccc2cn[nH]c2c1. The number of hydrogen-bond donors (Lipinski definition) is 1. The van der Waals surface area contributed by atoms with Gasteiger partial charge in [0.2, 0.25) is 9.05 Å². The first-order valence-corrected chi connectivity index (χ1v) is 6.37. The van der Waals surface area contributed by atoms with Gasteiger partial charge in [0.15, 0.2) is 0 Å². The topological polar surface area (TPSA) is 62.8 Å². The van der Waals surface area contributed by atoms with Gasteiger partial charge in [0, 0.05) is 16.1 Å². The molecule has 74 valence electrons. The highest BCUT2D eigenvalue weighted by Gasteiger charge is 2.07. The van der Waals surface area contributed by atoms with Gasteiger partial charge in [-0.25, -0.2) is 8.42 Å². The highest BCUT2D eigenvalue weighted by Crippen LogP contribution is 2.16. The number of nitrogens with zero attached hydrogens (tertiary/aromatic N) is 1. The first kappa shape index (κ1) is 9.48. The lowest BCUT2D eigenvalue weighted by atomic mass is 10.2. The van der Waals surface area contributed by atoms with E-state index >= 15 is 0 Å².